The highest BCUT2D eigenvalue weighted by atomic mass is 35.5. The molecule has 0 aromatic heterocycles. The van der Waals surface area contributed by atoms with Crippen LogP contribution in [0.5, 0.6) is 0 Å². The van der Waals surface area contributed by atoms with Crippen molar-refractivity contribution in [1.29, 1.82) is 0 Å². The Kier molecular flexibility index (Phi) is 4.03. The molecule has 0 saturated carbocycles. The number of rotatable bonds is 2. The maximum absolute atomic E-state index is 12.9. The van der Waals surface area contributed by atoms with E-state index in [2.05, 4.69) is 0 Å². The molecular formula is C17H13ClF3NO2. The van der Waals surface area contributed by atoms with Crippen LogP contribution in [0, 0.1) is 0 Å². The maximum Gasteiger partial charge on any atom is 0.471 e. The summed E-state index contributed by atoms with van der Waals surface area (Å²) in [6, 6.07) is 8.35. The van der Waals surface area contributed by atoms with Crippen molar-refractivity contribution in [2.75, 3.05) is 17.3 Å². The van der Waals surface area contributed by atoms with Gasteiger partial charge in [0.15, 0.2) is 5.78 Å². The zero-order valence-electron chi connectivity index (χ0n) is 12.7. The van der Waals surface area contributed by atoms with E-state index in [1.54, 1.807) is 24.3 Å². The van der Waals surface area contributed by atoms with Crippen molar-refractivity contribution in [3.63, 3.8) is 0 Å². The summed E-state index contributed by atoms with van der Waals surface area (Å²) < 4.78 is 38.7. The zero-order valence-corrected chi connectivity index (χ0v) is 13.4. The van der Waals surface area contributed by atoms with Crippen molar-refractivity contribution in [1.82, 2.24) is 0 Å². The van der Waals surface area contributed by atoms with Gasteiger partial charge in [-0.1, -0.05) is 24.3 Å². The van der Waals surface area contributed by atoms with Gasteiger partial charge in [0.25, 0.3) is 0 Å². The first-order chi connectivity index (χ1) is 11.3. The molecule has 0 saturated heterocycles. The summed E-state index contributed by atoms with van der Waals surface area (Å²) in [6.45, 7) is 1.20. The molecule has 24 heavy (non-hydrogen) atoms. The Morgan fingerprint density at radius 1 is 1.25 bits per heavy atom. The third kappa shape index (κ3) is 2.55. The van der Waals surface area contributed by atoms with Gasteiger partial charge in [0.2, 0.25) is 0 Å². The van der Waals surface area contributed by atoms with Crippen molar-refractivity contribution in [2.24, 2.45) is 0 Å². The van der Waals surface area contributed by atoms with E-state index in [1.165, 1.54) is 13.0 Å². The number of halogens is 4. The van der Waals surface area contributed by atoms with Crippen LogP contribution in [0.4, 0.5) is 18.9 Å². The average Bonchev–Trinajstić information content (AvgIpc) is 2.91. The Bertz CT molecular complexity index is 848. The standard InChI is InChI=1S/C17H13ClF3NO2/c1-9(23)13-6-14-15(12-5-3-2-4-11(12)13)10(7-18)8-22(14)16(24)17(19,20)21/h2-6,10H,7-8H2,1H3/t10-/m1/s1. The summed E-state index contributed by atoms with van der Waals surface area (Å²) in [5.41, 5.74) is 0.995. The summed E-state index contributed by atoms with van der Waals surface area (Å²) in [6.07, 6.45) is -4.99. The number of hydrogen-bond acceptors (Lipinski definition) is 2. The van der Waals surface area contributed by atoms with Crippen molar-refractivity contribution in [2.45, 2.75) is 19.0 Å². The molecule has 126 valence electrons. The minimum atomic E-state index is -4.99. The molecule has 1 aliphatic rings. The minimum absolute atomic E-state index is 0.0814. The number of nitrogens with zero attached hydrogens (tertiary/aromatic N) is 1. The Hall–Kier alpha value is -2.08. The number of alkyl halides is 4. The van der Waals surface area contributed by atoms with Crippen LogP contribution in [0.15, 0.2) is 30.3 Å². The molecule has 0 spiro atoms. The molecule has 2 aromatic carbocycles. The van der Waals surface area contributed by atoms with Crippen LogP contribution in [0.3, 0.4) is 0 Å². The lowest BCUT2D eigenvalue weighted by Gasteiger charge is -2.20. The van der Waals surface area contributed by atoms with Gasteiger partial charge in [0.1, 0.15) is 0 Å². The van der Waals surface area contributed by atoms with Crippen LogP contribution in [0.25, 0.3) is 10.8 Å². The number of carbonyl (C=O) groups is 2. The van der Waals surface area contributed by atoms with Crippen LogP contribution in [0.1, 0.15) is 28.8 Å². The second-order valence-electron chi connectivity index (χ2n) is 5.72. The van der Waals surface area contributed by atoms with Gasteiger partial charge in [-0.2, -0.15) is 13.2 Å². The van der Waals surface area contributed by atoms with E-state index in [-0.39, 0.29) is 23.9 Å². The van der Waals surface area contributed by atoms with Gasteiger partial charge in [-0.25, -0.2) is 0 Å². The highest BCUT2D eigenvalue weighted by Gasteiger charge is 2.47. The largest absolute Gasteiger partial charge is 0.471 e. The van der Waals surface area contributed by atoms with E-state index < -0.39 is 18.0 Å². The lowest BCUT2D eigenvalue weighted by molar-refractivity contribution is -0.170. The van der Waals surface area contributed by atoms with Crippen LogP contribution >= 0.6 is 11.6 Å². The van der Waals surface area contributed by atoms with Gasteiger partial charge < -0.3 is 4.90 Å². The van der Waals surface area contributed by atoms with Crippen LogP contribution in [-0.4, -0.2) is 30.3 Å². The van der Waals surface area contributed by atoms with Gasteiger partial charge in [0.05, 0.1) is 0 Å². The van der Waals surface area contributed by atoms with Crippen molar-refractivity contribution >= 4 is 39.8 Å². The van der Waals surface area contributed by atoms with E-state index in [1.807, 2.05) is 0 Å². The Morgan fingerprint density at radius 3 is 2.42 bits per heavy atom. The number of hydrogen-bond donors (Lipinski definition) is 0. The maximum atomic E-state index is 12.9. The molecule has 0 aliphatic carbocycles. The van der Waals surface area contributed by atoms with E-state index >= 15 is 0 Å². The quantitative estimate of drug-likeness (QED) is 0.596. The number of ketones is 1. The van der Waals surface area contributed by atoms with Gasteiger partial charge in [-0.3, -0.25) is 9.59 Å². The molecule has 7 heteroatoms. The highest BCUT2D eigenvalue weighted by Crippen LogP contribution is 2.44. The molecule has 1 aliphatic heterocycles. The molecule has 2 aromatic rings. The minimum Gasteiger partial charge on any atom is -0.304 e. The predicted octanol–water partition coefficient (Wildman–Crippen LogP) is 4.27. The highest BCUT2D eigenvalue weighted by molar-refractivity contribution is 6.19. The molecule has 0 fully saturated rings. The fourth-order valence-electron chi connectivity index (χ4n) is 3.21. The molecule has 1 amide bonds. The van der Waals surface area contributed by atoms with Gasteiger partial charge >= 0.3 is 12.1 Å². The molecule has 1 atom stereocenters. The average molecular weight is 356 g/mol. The van der Waals surface area contributed by atoms with E-state index in [0.29, 0.717) is 26.8 Å². The van der Waals surface area contributed by atoms with Crippen LogP contribution < -0.4 is 4.90 Å². The first kappa shape index (κ1) is 16.8. The lowest BCUT2D eigenvalue weighted by Crippen LogP contribution is -2.40. The van der Waals surface area contributed by atoms with Gasteiger partial charge in [0, 0.05) is 29.6 Å². The second kappa shape index (κ2) is 5.77. The molecule has 0 bridgehead atoms. The second-order valence-corrected chi connectivity index (χ2v) is 6.03. The number of carbonyl (C=O) groups excluding carboxylic acids is 2. The number of anilines is 1. The number of fused-ring (bicyclic) bond motifs is 3. The topological polar surface area (TPSA) is 37.4 Å². The smallest absolute Gasteiger partial charge is 0.304 e. The first-order valence-electron chi connectivity index (χ1n) is 7.27. The number of amides is 1. The Balaban J connectivity index is 2.31. The normalized spacial score (nSPS) is 17.2. The summed E-state index contributed by atoms with van der Waals surface area (Å²) >= 11 is 5.94. The summed E-state index contributed by atoms with van der Waals surface area (Å²) in [5, 5.41) is 1.31. The molecular weight excluding hydrogens is 343 g/mol. The van der Waals surface area contributed by atoms with Crippen molar-refractivity contribution in [3.8, 4) is 0 Å². The molecule has 3 rings (SSSR count). The summed E-state index contributed by atoms with van der Waals surface area (Å²) in [4.78, 5) is 24.4. The Labute approximate surface area is 141 Å². The van der Waals surface area contributed by atoms with Crippen LogP contribution in [-0.2, 0) is 4.79 Å². The molecule has 0 N–H and O–H groups in total. The summed E-state index contributed by atoms with van der Waals surface area (Å²) in [7, 11) is 0. The van der Waals surface area contributed by atoms with Gasteiger partial charge in [-0.05, 0) is 29.3 Å². The van der Waals surface area contributed by atoms with E-state index in [9.17, 15) is 22.8 Å². The van der Waals surface area contributed by atoms with Crippen LogP contribution in [0.2, 0.25) is 0 Å². The Morgan fingerprint density at radius 2 is 1.88 bits per heavy atom. The van der Waals surface area contributed by atoms with Crippen molar-refractivity contribution in [3.05, 3.63) is 41.5 Å². The fraction of sp³-hybridized carbons (Fsp3) is 0.294. The number of benzene rings is 2. The van der Waals surface area contributed by atoms with Crippen molar-refractivity contribution < 1.29 is 22.8 Å². The molecule has 0 unspecified atom stereocenters. The third-order valence-electron chi connectivity index (χ3n) is 4.22. The summed E-state index contributed by atoms with van der Waals surface area (Å²) in [5.74, 6) is -2.55. The molecule has 1 heterocycles. The lowest BCUT2D eigenvalue weighted by atomic mass is 9.92. The monoisotopic (exact) mass is 355 g/mol. The first-order valence-corrected chi connectivity index (χ1v) is 7.80. The van der Waals surface area contributed by atoms with E-state index in [4.69, 9.17) is 11.6 Å². The van der Waals surface area contributed by atoms with Gasteiger partial charge in [-0.15, -0.1) is 11.6 Å². The number of Topliss-reactive ketones (excluding diaryl/α,β-unsaturated/α-hetero) is 1. The van der Waals surface area contributed by atoms with E-state index in [0.717, 1.165) is 0 Å². The SMILES string of the molecule is CC(=O)c1cc2c(c3ccccc13)[C@H](CCl)CN2C(=O)C(F)(F)F. The zero-order chi connectivity index (χ0) is 17.6. The third-order valence-corrected chi connectivity index (χ3v) is 4.59. The predicted molar refractivity (Wildman–Crippen MR) is 85.8 cm³/mol. The fourth-order valence-corrected chi connectivity index (χ4v) is 3.46. The molecule has 3 nitrogen and oxygen atoms in total. The molecule has 0 radical (unpaired) electrons.